The van der Waals surface area contributed by atoms with E-state index in [1.54, 1.807) is 0 Å². The molecule has 0 atom stereocenters. The van der Waals surface area contributed by atoms with Gasteiger partial charge in [0.2, 0.25) is 5.28 Å². The van der Waals surface area contributed by atoms with E-state index >= 15 is 0 Å². The number of rotatable bonds is 3. The molecule has 2 aliphatic heterocycles. The Bertz CT molecular complexity index is 713. The Labute approximate surface area is 146 Å². The quantitative estimate of drug-likeness (QED) is 0.795. The third kappa shape index (κ3) is 3.45. The first kappa shape index (κ1) is 16.0. The van der Waals surface area contributed by atoms with Gasteiger partial charge >= 0.3 is 0 Å². The maximum absolute atomic E-state index is 6.12. The summed E-state index contributed by atoms with van der Waals surface area (Å²) in [5.41, 5.74) is 2.72. The number of ether oxygens (including phenoxy) is 1. The first-order valence-electron chi connectivity index (χ1n) is 8.68. The number of halogens is 1. The minimum atomic E-state index is 0.273. The second-order valence-electron chi connectivity index (χ2n) is 6.42. The number of anilines is 1. The molecule has 0 saturated carbocycles. The molecule has 0 radical (unpaired) electrons. The highest BCUT2D eigenvalue weighted by atomic mass is 35.5. The molecule has 24 heavy (non-hydrogen) atoms. The summed E-state index contributed by atoms with van der Waals surface area (Å²) in [6.45, 7) is 6.23. The predicted octanol–water partition coefficient (Wildman–Crippen LogP) is 2.50. The topological polar surface area (TPSA) is 54.4 Å². The van der Waals surface area contributed by atoms with Crippen LogP contribution in [0, 0.1) is 0 Å². The molecule has 2 fully saturated rings. The van der Waals surface area contributed by atoms with E-state index in [0.29, 0.717) is 13.2 Å². The summed E-state index contributed by atoms with van der Waals surface area (Å²) < 4.78 is 5.44. The number of hydrogen-bond acceptors (Lipinski definition) is 6. The van der Waals surface area contributed by atoms with Crippen molar-refractivity contribution in [1.82, 2.24) is 19.9 Å². The van der Waals surface area contributed by atoms with Crippen LogP contribution in [0.1, 0.15) is 25.0 Å². The van der Waals surface area contributed by atoms with Crippen molar-refractivity contribution in [2.45, 2.75) is 25.8 Å². The van der Waals surface area contributed by atoms with Gasteiger partial charge in [-0.2, -0.15) is 4.98 Å². The summed E-state index contributed by atoms with van der Waals surface area (Å²) >= 11 is 6.12. The van der Waals surface area contributed by atoms with Crippen molar-refractivity contribution in [3.05, 3.63) is 23.1 Å². The average molecular weight is 348 g/mol. The standard InChI is InChI=1S/C17H22ClN5O/c18-17-20-14-5-4-13(12-22-6-2-1-3-7-22)19-15(14)16(21-17)23-8-10-24-11-9-23/h4-5H,1-3,6-12H2. The summed E-state index contributed by atoms with van der Waals surface area (Å²) in [5.74, 6) is 0.828. The molecule has 0 aromatic carbocycles. The van der Waals surface area contributed by atoms with E-state index in [4.69, 9.17) is 21.3 Å². The second kappa shape index (κ2) is 7.17. The van der Waals surface area contributed by atoms with Gasteiger partial charge in [0.15, 0.2) is 5.82 Å². The molecule has 4 heterocycles. The Balaban J connectivity index is 1.67. The molecule has 2 aliphatic rings. The van der Waals surface area contributed by atoms with Crippen molar-refractivity contribution in [2.24, 2.45) is 0 Å². The lowest BCUT2D eigenvalue weighted by Gasteiger charge is -2.28. The van der Waals surface area contributed by atoms with Crippen LogP contribution in [0.25, 0.3) is 11.0 Å². The number of fused-ring (bicyclic) bond motifs is 1. The summed E-state index contributed by atoms with van der Waals surface area (Å²) in [6, 6.07) is 4.07. The summed E-state index contributed by atoms with van der Waals surface area (Å²) in [7, 11) is 0. The lowest BCUT2D eigenvalue weighted by molar-refractivity contribution is 0.122. The third-order valence-corrected chi connectivity index (χ3v) is 4.87. The zero-order valence-corrected chi connectivity index (χ0v) is 14.5. The maximum atomic E-state index is 6.12. The fraction of sp³-hybridized carbons (Fsp3) is 0.588. The van der Waals surface area contributed by atoms with E-state index in [1.807, 2.05) is 6.07 Å². The molecule has 0 amide bonds. The zero-order valence-electron chi connectivity index (χ0n) is 13.7. The Morgan fingerprint density at radius 3 is 2.54 bits per heavy atom. The molecule has 2 aromatic rings. The molecule has 2 aromatic heterocycles. The number of piperidine rings is 1. The maximum Gasteiger partial charge on any atom is 0.225 e. The van der Waals surface area contributed by atoms with Gasteiger partial charge in [0, 0.05) is 19.6 Å². The van der Waals surface area contributed by atoms with Crippen LogP contribution in [0.4, 0.5) is 5.82 Å². The van der Waals surface area contributed by atoms with Crippen molar-refractivity contribution in [1.29, 1.82) is 0 Å². The van der Waals surface area contributed by atoms with Crippen LogP contribution < -0.4 is 4.90 Å². The summed E-state index contributed by atoms with van der Waals surface area (Å²) in [6.07, 6.45) is 3.91. The number of morpholine rings is 1. The predicted molar refractivity (Wildman–Crippen MR) is 94.5 cm³/mol. The van der Waals surface area contributed by atoms with Gasteiger partial charge in [0.1, 0.15) is 5.52 Å². The van der Waals surface area contributed by atoms with Gasteiger partial charge in [-0.15, -0.1) is 0 Å². The largest absolute Gasteiger partial charge is 0.378 e. The van der Waals surface area contributed by atoms with Crippen LogP contribution in [-0.2, 0) is 11.3 Å². The van der Waals surface area contributed by atoms with E-state index in [0.717, 1.165) is 55.3 Å². The molecule has 128 valence electrons. The lowest BCUT2D eigenvalue weighted by atomic mass is 10.1. The van der Waals surface area contributed by atoms with Crippen LogP contribution in [0.5, 0.6) is 0 Å². The van der Waals surface area contributed by atoms with E-state index in [-0.39, 0.29) is 5.28 Å². The molecular weight excluding hydrogens is 326 g/mol. The van der Waals surface area contributed by atoms with Gasteiger partial charge in [-0.05, 0) is 49.7 Å². The van der Waals surface area contributed by atoms with Gasteiger partial charge < -0.3 is 9.64 Å². The third-order valence-electron chi connectivity index (χ3n) is 4.70. The van der Waals surface area contributed by atoms with E-state index < -0.39 is 0 Å². The normalized spacial score (nSPS) is 19.8. The lowest BCUT2D eigenvalue weighted by Crippen LogP contribution is -2.37. The smallest absolute Gasteiger partial charge is 0.225 e. The zero-order chi connectivity index (χ0) is 16.4. The number of likely N-dealkylation sites (tertiary alicyclic amines) is 1. The van der Waals surface area contributed by atoms with Crippen molar-refractivity contribution < 1.29 is 4.74 Å². The van der Waals surface area contributed by atoms with Crippen molar-refractivity contribution >= 4 is 28.5 Å². The van der Waals surface area contributed by atoms with E-state index in [2.05, 4.69) is 25.8 Å². The summed E-state index contributed by atoms with van der Waals surface area (Å²) in [5, 5.41) is 0.273. The molecule has 0 spiro atoms. The number of hydrogen-bond donors (Lipinski definition) is 0. The van der Waals surface area contributed by atoms with Crippen molar-refractivity contribution in [3.8, 4) is 0 Å². The molecule has 0 aliphatic carbocycles. The molecule has 0 unspecified atom stereocenters. The highest BCUT2D eigenvalue weighted by molar-refractivity contribution is 6.28. The minimum absolute atomic E-state index is 0.273. The summed E-state index contributed by atoms with van der Waals surface area (Å²) in [4.78, 5) is 18.3. The van der Waals surface area contributed by atoms with Gasteiger partial charge in [-0.25, -0.2) is 9.97 Å². The van der Waals surface area contributed by atoms with Crippen molar-refractivity contribution in [2.75, 3.05) is 44.3 Å². The Kier molecular flexibility index (Phi) is 4.78. The van der Waals surface area contributed by atoms with Crippen LogP contribution in [0.2, 0.25) is 5.28 Å². The number of nitrogens with zero attached hydrogens (tertiary/aromatic N) is 5. The fourth-order valence-corrected chi connectivity index (χ4v) is 3.61. The second-order valence-corrected chi connectivity index (χ2v) is 6.76. The molecule has 0 N–H and O–H groups in total. The Morgan fingerprint density at radius 2 is 1.75 bits per heavy atom. The SMILES string of the molecule is Clc1nc(N2CCOCC2)c2nc(CN3CCCCC3)ccc2n1. The molecule has 0 bridgehead atoms. The van der Waals surface area contributed by atoms with E-state index in [1.165, 1.54) is 19.3 Å². The molecular formula is C17H22ClN5O. The molecule has 4 rings (SSSR count). The Morgan fingerprint density at radius 1 is 0.958 bits per heavy atom. The monoisotopic (exact) mass is 347 g/mol. The average Bonchev–Trinajstić information content (AvgIpc) is 2.63. The van der Waals surface area contributed by atoms with Gasteiger partial charge in [0.05, 0.1) is 24.4 Å². The molecule has 7 heteroatoms. The van der Waals surface area contributed by atoms with Gasteiger partial charge in [0.25, 0.3) is 0 Å². The first-order valence-corrected chi connectivity index (χ1v) is 9.05. The van der Waals surface area contributed by atoms with Crippen LogP contribution in [0.3, 0.4) is 0 Å². The van der Waals surface area contributed by atoms with Crippen molar-refractivity contribution in [3.63, 3.8) is 0 Å². The fourth-order valence-electron chi connectivity index (χ4n) is 3.44. The number of pyridine rings is 1. The minimum Gasteiger partial charge on any atom is -0.378 e. The first-order chi connectivity index (χ1) is 11.8. The van der Waals surface area contributed by atoms with Gasteiger partial charge in [-0.1, -0.05) is 6.42 Å². The van der Waals surface area contributed by atoms with Gasteiger partial charge in [-0.3, -0.25) is 4.90 Å². The highest BCUT2D eigenvalue weighted by Gasteiger charge is 2.19. The Hall–Kier alpha value is -1.50. The molecule has 6 nitrogen and oxygen atoms in total. The number of aromatic nitrogens is 3. The van der Waals surface area contributed by atoms with E-state index in [9.17, 15) is 0 Å². The van der Waals surface area contributed by atoms with Crippen LogP contribution >= 0.6 is 11.6 Å². The highest BCUT2D eigenvalue weighted by Crippen LogP contribution is 2.25. The van der Waals surface area contributed by atoms with Crippen LogP contribution in [-0.4, -0.2) is 59.2 Å². The van der Waals surface area contributed by atoms with Crippen LogP contribution in [0.15, 0.2) is 12.1 Å². The molecule has 2 saturated heterocycles.